The van der Waals surface area contributed by atoms with Gasteiger partial charge in [-0.1, -0.05) is 13.8 Å². The van der Waals surface area contributed by atoms with Crippen LogP contribution in [0.4, 0.5) is 0 Å². The summed E-state index contributed by atoms with van der Waals surface area (Å²) in [5, 5.41) is 2.90. The van der Waals surface area contributed by atoms with Gasteiger partial charge in [0.25, 0.3) is 0 Å². The monoisotopic (exact) mass is 312 g/mol. The van der Waals surface area contributed by atoms with Gasteiger partial charge in [-0.25, -0.2) is 0 Å². The molecule has 0 aliphatic carbocycles. The van der Waals surface area contributed by atoms with Crippen molar-refractivity contribution in [3.8, 4) is 0 Å². The SMILES string of the molecule is CCN(CC)CCCNC(=O)CCC(=O)N1CCC(N)CC1. The quantitative estimate of drug-likeness (QED) is 0.610. The third-order valence-electron chi connectivity index (χ3n) is 4.33. The van der Waals surface area contributed by atoms with Crippen molar-refractivity contribution in [2.75, 3.05) is 39.3 Å². The summed E-state index contributed by atoms with van der Waals surface area (Å²) in [5.74, 6) is 0.0480. The van der Waals surface area contributed by atoms with Gasteiger partial charge >= 0.3 is 0 Å². The van der Waals surface area contributed by atoms with Crippen molar-refractivity contribution in [3.05, 3.63) is 0 Å². The second-order valence-corrected chi connectivity index (χ2v) is 5.95. The standard InChI is InChI=1S/C16H32N4O2/c1-3-19(4-2)11-5-10-18-15(21)6-7-16(22)20-12-8-14(17)9-13-20/h14H,3-13,17H2,1-2H3,(H,18,21). The fourth-order valence-electron chi connectivity index (χ4n) is 2.69. The first kappa shape index (κ1) is 18.9. The Balaban J connectivity index is 2.08. The van der Waals surface area contributed by atoms with Crippen molar-refractivity contribution in [3.63, 3.8) is 0 Å². The summed E-state index contributed by atoms with van der Waals surface area (Å²) in [4.78, 5) is 27.9. The van der Waals surface area contributed by atoms with Gasteiger partial charge in [0.2, 0.25) is 11.8 Å². The molecule has 0 radical (unpaired) electrons. The number of nitrogens with two attached hydrogens (primary N) is 1. The van der Waals surface area contributed by atoms with E-state index < -0.39 is 0 Å². The van der Waals surface area contributed by atoms with E-state index in [1.807, 2.05) is 4.90 Å². The minimum absolute atomic E-state index is 0.0263. The van der Waals surface area contributed by atoms with Crippen LogP contribution in [0.3, 0.4) is 0 Å². The molecule has 6 nitrogen and oxygen atoms in total. The predicted molar refractivity (Wildman–Crippen MR) is 88.4 cm³/mol. The van der Waals surface area contributed by atoms with Gasteiger partial charge in [-0.05, 0) is 38.9 Å². The normalized spacial score (nSPS) is 16.1. The maximum absolute atomic E-state index is 12.0. The minimum atomic E-state index is -0.0263. The third-order valence-corrected chi connectivity index (χ3v) is 4.33. The van der Waals surface area contributed by atoms with Gasteiger partial charge in [0.15, 0.2) is 0 Å². The molecule has 1 fully saturated rings. The number of nitrogens with zero attached hydrogens (tertiary/aromatic N) is 2. The first-order valence-corrected chi connectivity index (χ1v) is 8.59. The molecule has 0 aromatic carbocycles. The van der Waals surface area contributed by atoms with Crippen LogP contribution in [0.15, 0.2) is 0 Å². The Labute approximate surface area is 134 Å². The van der Waals surface area contributed by atoms with Gasteiger partial charge in [0, 0.05) is 38.5 Å². The molecule has 2 amide bonds. The van der Waals surface area contributed by atoms with Crippen LogP contribution in [-0.2, 0) is 9.59 Å². The van der Waals surface area contributed by atoms with Crippen LogP contribution in [0, 0.1) is 0 Å². The van der Waals surface area contributed by atoms with Crippen molar-refractivity contribution in [2.24, 2.45) is 5.73 Å². The number of rotatable bonds is 9. The number of hydrogen-bond donors (Lipinski definition) is 2. The van der Waals surface area contributed by atoms with Gasteiger partial charge in [-0.2, -0.15) is 0 Å². The molecular weight excluding hydrogens is 280 g/mol. The fourth-order valence-corrected chi connectivity index (χ4v) is 2.69. The van der Waals surface area contributed by atoms with Crippen LogP contribution in [0.25, 0.3) is 0 Å². The van der Waals surface area contributed by atoms with Gasteiger partial charge < -0.3 is 20.9 Å². The number of likely N-dealkylation sites (tertiary alicyclic amines) is 1. The van der Waals surface area contributed by atoms with Gasteiger partial charge in [-0.15, -0.1) is 0 Å². The number of hydrogen-bond acceptors (Lipinski definition) is 4. The van der Waals surface area contributed by atoms with E-state index >= 15 is 0 Å². The second-order valence-electron chi connectivity index (χ2n) is 5.95. The Hall–Kier alpha value is -1.14. The molecule has 22 heavy (non-hydrogen) atoms. The molecule has 1 rings (SSSR count). The van der Waals surface area contributed by atoms with Gasteiger partial charge in [0.05, 0.1) is 0 Å². The molecule has 0 atom stereocenters. The Morgan fingerprint density at radius 1 is 1.18 bits per heavy atom. The summed E-state index contributed by atoms with van der Waals surface area (Å²) in [6.07, 6.45) is 3.27. The molecule has 1 saturated heterocycles. The van der Waals surface area contributed by atoms with Crippen LogP contribution in [0.5, 0.6) is 0 Å². The Morgan fingerprint density at radius 2 is 1.82 bits per heavy atom. The highest BCUT2D eigenvalue weighted by molar-refractivity contribution is 5.83. The molecule has 0 saturated carbocycles. The highest BCUT2D eigenvalue weighted by atomic mass is 16.2. The highest BCUT2D eigenvalue weighted by Gasteiger charge is 2.20. The van der Waals surface area contributed by atoms with E-state index in [9.17, 15) is 9.59 Å². The van der Waals surface area contributed by atoms with Crippen LogP contribution < -0.4 is 11.1 Å². The van der Waals surface area contributed by atoms with Crippen LogP contribution >= 0.6 is 0 Å². The second kappa shape index (κ2) is 10.6. The lowest BCUT2D eigenvalue weighted by atomic mass is 10.1. The van der Waals surface area contributed by atoms with Crippen LogP contribution in [0.2, 0.25) is 0 Å². The molecular formula is C16H32N4O2. The summed E-state index contributed by atoms with van der Waals surface area (Å²) in [6.45, 7) is 9.50. The van der Waals surface area contributed by atoms with E-state index in [0.29, 0.717) is 13.0 Å². The zero-order valence-corrected chi connectivity index (χ0v) is 14.1. The van der Waals surface area contributed by atoms with Crippen molar-refractivity contribution in [2.45, 2.75) is 52.0 Å². The van der Waals surface area contributed by atoms with E-state index in [1.54, 1.807) is 0 Å². The fraction of sp³-hybridized carbons (Fsp3) is 0.875. The van der Waals surface area contributed by atoms with Crippen molar-refractivity contribution in [1.29, 1.82) is 0 Å². The highest BCUT2D eigenvalue weighted by Crippen LogP contribution is 2.10. The number of nitrogens with one attached hydrogen (secondary N) is 1. The van der Waals surface area contributed by atoms with E-state index in [2.05, 4.69) is 24.1 Å². The molecule has 6 heteroatoms. The predicted octanol–water partition coefficient (Wildman–Crippen LogP) is 0.564. The molecule has 1 aliphatic heterocycles. The summed E-state index contributed by atoms with van der Waals surface area (Å²) >= 11 is 0. The molecule has 1 aliphatic rings. The average molecular weight is 312 g/mol. The Morgan fingerprint density at radius 3 is 2.41 bits per heavy atom. The van der Waals surface area contributed by atoms with Crippen LogP contribution in [-0.4, -0.2) is 66.9 Å². The summed E-state index contributed by atoms with van der Waals surface area (Å²) in [7, 11) is 0. The smallest absolute Gasteiger partial charge is 0.223 e. The first-order valence-electron chi connectivity index (χ1n) is 8.59. The summed E-state index contributed by atoms with van der Waals surface area (Å²) in [5.41, 5.74) is 5.82. The lowest BCUT2D eigenvalue weighted by Crippen LogP contribution is -2.43. The minimum Gasteiger partial charge on any atom is -0.356 e. The lowest BCUT2D eigenvalue weighted by molar-refractivity contribution is -0.134. The van der Waals surface area contributed by atoms with E-state index in [1.165, 1.54) is 0 Å². The number of amides is 2. The summed E-state index contributed by atoms with van der Waals surface area (Å²) in [6, 6.07) is 0.221. The van der Waals surface area contributed by atoms with E-state index in [0.717, 1.165) is 52.0 Å². The molecule has 128 valence electrons. The number of carbonyl (C=O) groups excluding carboxylic acids is 2. The maximum Gasteiger partial charge on any atom is 0.223 e. The van der Waals surface area contributed by atoms with E-state index in [-0.39, 0.29) is 24.3 Å². The summed E-state index contributed by atoms with van der Waals surface area (Å²) < 4.78 is 0. The van der Waals surface area contributed by atoms with Crippen molar-refractivity contribution >= 4 is 11.8 Å². The number of carbonyl (C=O) groups is 2. The van der Waals surface area contributed by atoms with Crippen molar-refractivity contribution < 1.29 is 9.59 Å². The van der Waals surface area contributed by atoms with Crippen LogP contribution in [0.1, 0.15) is 46.0 Å². The third kappa shape index (κ3) is 7.22. The van der Waals surface area contributed by atoms with E-state index in [4.69, 9.17) is 5.73 Å². The lowest BCUT2D eigenvalue weighted by Gasteiger charge is -2.30. The number of piperidine rings is 1. The molecule has 0 bridgehead atoms. The van der Waals surface area contributed by atoms with Gasteiger partial charge in [0.1, 0.15) is 0 Å². The van der Waals surface area contributed by atoms with Crippen molar-refractivity contribution in [1.82, 2.24) is 15.1 Å². The molecule has 1 heterocycles. The first-order chi connectivity index (χ1) is 10.6. The molecule has 0 aromatic heterocycles. The molecule has 0 spiro atoms. The Kier molecular flexibility index (Phi) is 9.08. The maximum atomic E-state index is 12.0. The topological polar surface area (TPSA) is 78.7 Å². The Bertz CT molecular complexity index is 337. The van der Waals surface area contributed by atoms with Gasteiger partial charge in [-0.3, -0.25) is 9.59 Å². The average Bonchev–Trinajstić information content (AvgIpc) is 2.53. The zero-order chi connectivity index (χ0) is 16.4. The zero-order valence-electron chi connectivity index (χ0n) is 14.1. The molecule has 0 aromatic rings. The molecule has 3 N–H and O–H groups in total. The molecule has 0 unspecified atom stereocenters. The largest absolute Gasteiger partial charge is 0.356 e.